The Labute approximate surface area is 134 Å². The molecule has 3 nitrogen and oxygen atoms in total. The van der Waals surface area contributed by atoms with Crippen molar-refractivity contribution in [2.45, 2.75) is 39.5 Å². The maximum absolute atomic E-state index is 12.4. The van der Waals surface area contributed by atoms with Crippen LogP contribution >= 0.6 is 0 Å². The van der Waals surface area contributed by atoms with Gasteiger partial charge in [0.05, 0.1) is 12.3 Å². The molecule has 0 fully saturated rings. The van der Waals surface area contributed by atoms with E-state index in [4.69, 9.17) is 4.74 Å². The molecule has 1 aliphatic rings. The molecule has 0 saturated heterocycles. The third kappa shape index (κ3) is 3.80. The summed E-state index contributed by atoms with van der Waals surface area (Å²) >= 11 is 0. The highest BCUT2D eigenvalue weighted by molar-refractivity contribution is 6.83. The minimum Gasteiger partial charge on any atom is -0.449 e. The van der Waals surface area contributed by atoms with E-state index in [0.717, 1.165) is 11.3 Å². The average Bonchev–Trinajstić information content (AvgIpc) is 2.43. The van der Waals surface area contributed by atoms with Crippen molar-refractivity contribution in [1.29, 1.82) is 0 Å². The molecular formula is C18H23NO2Si. The van der Waals surface area contributed by atoms with Gasteiger partial charge in [-0.2, -0.15) is 0 Å². The van der Waals surface area contributed by atoms with Crippen molar-refractivity contribution in [1.82, 2.24) is 0 Å². The number of nitrogens with zero attached hydrogens (tertiary/aromatic N) is 1. The van der Waals surface area contributed by atoms with Crippen molar-refractivity contribution >= 4 is 25.9 Å². The van der Waals surface area contributed by atoms with Crippen molar-refractivity contribution in [3.8, 4) is 11.5 Å². The second-order valence-corrected chi connectivity index (χ2v) is 11.2. The average molecular weight is 313 g/mol. The van der Waals surface area contributed by atoms with Crippen LogP contribution in [-0.2, 0) is 4.74 Å². The van der Waals surface area contributed by atoms with Gasteiger partial charge in [-0.05, 0) is 37.6 Å². The zero-order valence-corrected chi connectivity index (χ0v) is 14.9. The van der Waals surface area contributed by atoms with E-state index in [9.17, 15) is 4.79 Å². The number of amides is 1. The van der Waals surface area contributed by atoms with Crippen LogP contribution in [0, 0.1) is 18.4 Å². The molecule has 1 aromatic rings. The predicted octanol–water partition coefficient (Wildman–Crippen LogP) is 4.23. The Kier molecular flexibility index (Phi) is 4.77. The second-order valence-electron chi connectivity index (χ2n) is 6.45. The smallest absolute Gasteiger partial charge is 0.415 e. The Morgan fingerprint density at radius 1 is 1.36 bits per heavy atom. The van der Waals surface area contributed by atoms with E-state index in [1.165, 1.54) is 5.56 Å². The Morgan fingerprint density at radius 2 is 2.09 bits per heavy atom. The van der Waals surface area contributed by atoms with Crippen LogP contribution < -0.4 is 4.90 Å². The molecule has 4 heteroatoms. The number of benzene rings is 1. The van der Waals surface area contributed by atoms with Gasteiger partial charge in [0.15, 0.2) is 0 Å². The highest BCUT2D eigenvalue weighted by atomic mass is 28.3. The molecule has 0 N–H and O–H groups in total. The minimum absolute atomic E-state index is 0.263. The van der Waals surface area contributed by atoms with Crippen LogP contribution in [0.25, 0.3) is 6.08 Å². The first kappa shape index (κ1) is 16.4. The lowest BCUT2D eigenvalue weighted by Gasteiger charge is -2.30. The van der Waals surface area contributed by atoms with Crippen molar-refractivity contribution < 1.29 is 9.53 Å². The molecule has 22 heavy (non-hydrogen) atoms. The van der Waals surface area contributed by atoms with Gasteiger partial charge in [0.25, 0.3) is 0 Å². The SMILES string of the molecule is CCOC(=O)N1c2ccc(C)cc2C=C[C@H]1C#C[Si](C)(C)C. The Morgan fingerprint density at radius 3 is 2.73 bits per heavy atom. The van der Waals surface area contributed by atoms with Gasteiger partial charge in [-0.3, -0.25) is 4.90 Å². The van der Waals surface area contributed by atoms with E-state index in [1.807, 2.05) is 38.1 Å². The lowest BCUT2D eigenvalue weighted by Crippen LogP contribution is -2.41. The van der Waals surface area contributed by atoms with E-state index >= 15 is 0 Å². The Hall–Kier alpha value is -1.99. The summed E-state index contributed by atoms with van der Waals surface area (Å²) in [6.45, 7) is 10.8. The van der Waals surface area contributed by atoms with Gasteiger partial charge in [-0.25, -0.2) is 4.79 Å². The van der Waals surface area contributed by atoms with Gasteiger partial charge in [-0.15, -0.1) is 5.54 Å². The highest BCUT2D eigenvalue weighted by Crippen LogP contribution is 2.30. The molecule has 2 rings (SSSR count). The zero-order valence-electron chi connectivity index (χ0n) is 13.9. The van der Waals surface area contributed by atoms with Gasteiger partial charge in [0.1, 0.15) is 14.1 Å². The third-order valence-electron chi connectivity index (χ3n) is 3.24. The van der Waals surface area contributed by atoms with Crippen molar-refractivity contribution in [2.24, 2.45) is 0 Å². The van der Waals surface area contributed by atoms with Crippen LogP contribution in [0.1, 0.15) is 18.1 Å². The van der Waals surface area contributed by atoms with Gasteiger partial charge in [0, 0.05) is 0 Å². The molecule has 1 amide bonds. The largest absolute Gasteiger partial charge is 0.449 e. The first-order chi connectivity index (χ1) is 10.3. The summed E-state index contributed by atoms with van der Waals surface area (Å²) in [7, 11) is -1.50. The summed E-state index contributed by atoms with van der Waals surface area (Å²) in [5.74, 6) is 3.26. The van der Waals surface area contributed by atoms with E-state index in [-0.39, 0.29) is 12.1 Å². The maximum Gasteiger partial charge on any atom is 0.415 e. The summed E-state index contributed by atoms with van der Waals surface area (Å²) in [4.78, 5) is 14.1. The number of carbonyl (C=O) groups excluding carboxylic acids is 1. The summed E-state index contributed by atoms with van der Waals surface area (Å²) in [6.07, 6.45) is 3.68. The number of fused-ring (bicyclic) bond motifs is 1. The van der Waals surface area contributed by atoms with Crippen LogP contribution in [0.15, 0.2) is 24.3 Å². The normalized spacial score (nSPS) is 16.6. The number of carbonyl (C=O) groups is 1. The molecule has 0 aliphatic carbocycles. The molecule has 116 valence electrons. The molecule has 1 heterocycles. The van der Waals surface area contributed by atoms with Crippen molar-refractivity contribution in [3.63, 3.8) is 0 Å². The van der Waals surface area contributed by atoms with Gasteiger partial charge >= 0.3 is 6.09 Å². The van der Waals surface area contributed by atoms with E-state index < -0.39 is 8.07 Å². The first-order valence-electron chi connectivity index (χ1n) is 7.59. The van der Waals surface area contributed by atoms with E-state index in [0.29, 0.717) is 6.61 Å². The molecule has 1 aliphatic heterocycles. The first-order valence-corrected chi connectivity index (χ1v) is 11.1. The van der Waals surface area contributed by atoms with Crippen molar-refractivity contribution in [3.05, 3.63) is 35.4 Å². The van der Waals surface area contributed by atoms with Crippen molar-refractivity contribution in [2.75, 3.05) is 11.5 Å². The molecule has 0 spiro atoms. The molecule has 0 saturated carbocycles. The molecular weight excluding hydrogens is 290 g/mol. The predicted molar refractivity (Wildman–Crippen MR) is 94.6 cm³/mol. The van der Waals surface area contributed by atoms with Crippen LogP contribution in [0.2, 0.25) is 19.6 Å². The number of rotatable bonds is 1. The summed E-state index contributed by atoms with van der Waals surface area (Å²) in [6, 6.07) is 5.78. The van der Waals surface area contributed by atoms with E-state index in [2.05, 4.69) is 37.2 Å². The fraction of sp³-hybridized carbons (Fsp3) is 0.389. The zero-order chi connectivity index (χ0) is 16.3. The molecule has 1 aromatic carbocycles. The number of ether oxygens (including phenoxy) is 1. The lowest BCUT2D eigenvalue weighted by molar-refractivity contribution is 0.159. The second kappa shape index (κ2) is 6.41. The highest BCUT2D eigenvalue weighted by Gasteiger charge is 2.28. The third-order valence-corrected chi connectivity index (χ3v) is 4.13. The molecule has 0 bridgehead atoms. The molecule has 1 atom stereocenters. The fourth-order valence-corrected chi connectivity index (χ4v) is 2.85. The molecule has 0 unspecified atom stereocenters. The number of hydrogen-bond donors (Lipinski definition) is 0. The molecule has 0 radical (unpaired) electrons. The fourth-order valence-electron chi connectivity index (χ4n) is 2.27. The van der Waals surface area contributed by atoms with Crippen LogP contribution in [0.4, 0.5) is 10.5 Å². The standard InChI is InChI=1S/C18H23NO2Si/c1-6-21-18(20)19-16(11-12-22(3,4)5)9-8-15-13-14(2)7-10-17(15)19/h7-10,13,16H,6H2,1-5H3/t16-/m0/s1. The topological polar surface area (TPSA) is 29.5 Å². The number of anilines is 1. The summed E-state index contributed by atoms with van der Waals surface area (Å²) < 4.78 is 5.23. The number of hydrogen-bond acceptors (Lipinski definition) is 2. The maximum atomic E-state index is 12.4. The summed E-state index contributed by atoms with van der Waals surface area (Å²) in [5, 5.41) is 0. The van der Waals surface area contributed by atoms with Gasteiger partial charge in [-0.1, -0.05) is 43.3 Å². The van der Waals surface area contributed by atoms with Crippen LogP contribution in [-0.4, -0.2) is 26.8 Å². The monoisotopic (exact) mass is 313 g/mol. The quantitative estimate of drug-likeness (QED) is 0.573. The van der Waals surface area contributed by atoms with E-state index in [1.54, 1.807) is 4.90 Å². The van der Waals surface area contributed by atoms with Crippen LogP contribution in [0.5, 0.6) is 0 Å². The van der Waals surface area contributed by atoms with Gasteiger partial charge < -0.3 is 4.74 Å². The lowest BCUT2D eigenvalue weighted by atomic mass is 10.0. The minimum atomic E-state index is -1.50. The number of aryl methyl sites for hydroxylation is 1. The Balaban J connectivity index is 2.45. The Bertz CT molecular complexity index is 662. The van der Waals surface area contributed by atoms with Gasteiger partial charge in [0.2, 0.25) is 0 Å². The van der Waals surface area contributed by atoms with Crippen LogP contribution in [0.3, 0.4) is 0 Å². The summed E-state index contributed by atoms with van der Waals surface area (Å²) in [5.41, 5.74) is 6.40. The molecule has 0 aromatic heterocycles.